The predicted molar refractivity (Wildman–Crippen MR) is 70.1 cm³/mol. The van der Waals surface area contributed by atoms with E-state index >= 15 is 0 Å². The van der Waals surface area contributed by atoms with Crippen molar-refractivity contribution >= 4 is 23.3 Å². The number of likely N-dealkylation sites (N-methyl/N-ethyl adjacent to an activating group) is 1. The zero-order valence-electron chi connectivity index (χ0n) is 10.6. The fourth-order valence-electron chi connectivity index (χ4n) is 1.62. The topological polar surface area (TPSA) is 59.0 Å². The first-order valence-corrected chi connectivity index (χ1v) is 5.79. The number of carboxylic acid groups (broad SMARTS) is 1. The summed E-state index contributed by atoms with van der Waals surface area (Å²) in [6.07, 6.45) is 0. The highest BCUT2D eigenvalue weighted by atomic mass is 35.5. The summed E-state index contributed by atoms with van der Waals surface area (Å²) in [5, 5.41) is 9.30. The van der Waals surface area contributed by atoms with Gasteiger partial charge < -0.3 is 19.5 Å². The summed E-state index contributed by atoms with van der Waals surface area (Å²) in [7, 11) is 3.02. The van der Waals surface area contributed by atoms with Gasteiger partial charge in [-0.25, -0.2) is 0 Å². The van der Waals surface area contributed by atoms with Crippen molar-refractivity contribution in [3.05, 3.63) is 17.2 Å². The maximum absolute atomic E-state index is 10.8. The second kappa shape index (κ2) is 6.35. The molecule has 0 unspecified atom stereocenters. The van der Waals surface area contributed by atoms with Crippen molar-refractivity contribution < 1.29 is 19.4 Å². The Kier molecular flexibility index (Phi) is 5.09. The van der Waals surface area contributed by atoms with Crippen LogP contribution in [-0.2, 0) is 4.79 Å². The van der Waals surface area contributed by atoms with E-state index in [0.29, 0.717) is 28.8 Å². The van der Waals surface area contributed by atoms with Gasteiger partial charge in [0.15, 0.2) is 0 Å². The normalized spacial score (nSPS) is 10.0. The highest BCUT2D eigenvalue weighted by Crippen LogP contribution is 2.37. The summed E-state index contributed by atoms with van der Waals surface area (Å²) in [4.78, 5) is 12.5. The molecule has 6 heteroatoms. The number of rotatable bonds is 6. The number of carboxylic acids is 1. The van der Waals surface area contributed by atoms with Gasteiger partial charge >= 0.3 is 5.97 Å². The molecule has 1 N–H and O–H groups in total. The Balaban J connectivity index is 3.22. The van der Waals surface area contributed by atoms with Gasteiger partial charge in [0.05, 0.1) is 24.9 Å². The number of hydrogen-bond acceptors (Lipinski definition) is 4. The first-order valence-electron chi connectivity index (χ1n) is 5.41. The number of aliphatic carboxylic acids is 1. The standard InChI is InChI=1S/C12H16ClNO4/c1-4-14(7-12(15)16)9-6-10(17-2)8(13)5-11(9)18-3/h5-6H,4,7H2,1-3H3,(H,15,16). The molecule has 0 radical (unpaired) electrons. The van der Waals surface area contributed by atoms with E-state index in [1.54, 1.807) is 17.0 Å². The quantitative estimate of drug-likeness (QED) is 0.862. The summed E-state index contributed by atoms with van der Waals surface area (Å²) >= 11 is 5.99. The van der Waals surface area contributed by atoms with Crippen molar-refractivity contribution in [3.8, 4) is 11.5 Å². The maximum Gasteiger partial charge on any atom is 0.323 e. The van der Waals surface area contributed by atoms with Gasteiger partial charge in [0, 0.05) is 18.7 Å². The fraction of sp³-hybridized carbons (Fsp3) is 0.417. The number of carbonyl (C=O) groups is 1. The molecule has 1 rings (SSSR count). The number of nitrogens with zero attached hydrogens (tertiary/aromatic N) is 1. The molecule has 0 aliphatic carbocycles. The lowest BCUT2D eigenvalue weighted by Gasteiger charge is -2.24. The zero-order valence-corrected chi connectivity index (χ0v) is 11.3. The average molecular weight is 274 g/mol. The Morgan fingerprint density at radius 3 is 2.39 bits per heavy atom. The molecular formula is C12H16ClNO4. The summed E-state index contributed by atoms with van der Waals surface area (Å²) in [6.45, 7) is 2.29. The highest BCUT2D eigenvalue weighted by Gasteiger charge is 2.16. The van der Waals surface area contributed by atoms with E-state index in [2.05, 4.69) is 0 Å². The lowest BCUT2D eigenvalue weighted by molar-refractivity contribution is -0.135. The van der Waals surface area contributed by atoms with Gasteiger partial charge in [-0.3, -0.25) is 4.79 Å². The molecule has 0 heterocycles. The summed E-state index contributed by atoms with van der Waals surface area (Å²) in [5.74, 6) is 0.0908. The van der Waals surface area contributed by atoms with Crippen molar-refractivity contribution in [2.75, 3.05) is 32.2 Å². The Labute approximate surface area is 111 Å². The van der Waals surface area contributed by atoms with Gasteiger partial charge in [0.2, 0.25) is 0 Å². The van der Waals surface area contributed by atoms with E-state index < -0.39 is 5.97 Å². The molecule has 1 aromatic rings. The van der Waals surface area contributed by atoms with Crippen molar-refractivity contribution in [2.45, 2.75) is 6.92 Å². The number of ether oxygens (including phenoxy) is 2. The molecule has 0 saturated carbocycles. The van der Waals surface area contributed by atoms with E-state index in [-0.39, 0.29) is 6.54 Å². The van der Waals surface area contributed by atoms with E-state index in [9.17, 15) is 4.79 Å². The molecule has 18 heavy (non-hydrogen) atoms. The molecule has 0 fully saturated rings. The van der Waals surface area contributed by atoms with Crippen LogP contribution in [0.3, 0.4) is 0 Å². The summed E-state index contributed by atoms with van der Waals surface area (Å²) < 4.78 is 10.3. The largest absolute Gasteiger partial charge is 0.495 e. The average Bonchev–Trinajstić information content (AvgIpc) is 2.35. The van der Waals surface area contributed by atoms with Crippen molar-refractivity contribution in [1.82, 2.24) is 0 Å². The first kappa shape index (κ1) is 14.4. The predicted octanol–water partition coefficient (Wildman–Crippen LogP) is 2.27. The smallest absolute Gasteiger partial charge is 0.323 e. The minimum atomic E-state index is -0.909. The number of methoxy groups -OCH3 is 2. The molecule has 0 aliphatic rings. The summed E-state index contributed by atoms with van der Waals surface area (Å²) in [5.41, 5.74) is 0.642. The fourth-order valence-corrected chi connectivity index (χ4v) is 1.85. The van der Waals surface area contributed by atoms with Crippen LogP contribution in [0.1, 0.15) is 6.92 Å². The third-order valence-electron chi connectivity index (χ3n) is 2.50. The van der Waals surface area contributed by atoms with Crippen LogP contribution in [0, 0.1) is 0 Å². The van der Waals surface area contributed by atoms with Crippen molar-refractivity contribution in [2.24, 2.45) is 0 Å². The number of anilines is 1. The van der Waals surface area contributed by atoms with Crippen LogP contribution in [0.25, 0.3) is 0 Å². The Morgan fingerprint density at radius 2 is 1.94 bits per heavy atom. The SMILES string of the molecule is CCN(CC(=O)O)c1cc(OC)c(Cl)cc1OC. The van der Waals surface area contributed by atoms with Gasteiger partial charge in [0.25, 0.3) is 0 Å². The molecule has 0 amide bonds. The second-order valence-electron chi connectivity index (χ2n) is 3.57. The Hall–Kier alpha value is -1.62. The molecule has 0 bridgehead atoms. The second-order valence-corrected chi connectivity index (χ2v) is 3.97. The molecule has 0 saturated heterocycles. The minimum Gasteiger partial charge on any atom is -0.495 e. The van der Waals surface area contributed by atoms with Crippen LogP contribution in [0.4, 0.5) is 5.69 Å². The molecule has 0 spiro atoms. The Bertz CT molecular complexity index is 436. The minimum absolute atomic E-state index is 0.113. The number of hydrogen-bond donors (Lipinski definition) is 1. The molecule has 0 aliphatic heterocycles. The first-order chi connectivity index (χ1) is 8.53. The van der Waals surface area contributed by atoms with E-state index in [1.165, 1.54) is 14.2 Å². The molecule has 100 valence electrons. The third kappa shape index (κ3) is 3.20. The van der Waals surface area contributed by atoms with Crippen molar-refractivity contribution in [3.63, 3.8) is 0 Å². The maximum atomic E-state index is 10.8. The van der Waals surface area contributed by atoms with Crippen LogP contribution in [0.15, 0.2) is 12.1 Å². The van der Waals surface area contributed by atoms with E-state index in [0.717, 1.165) is 0 Å². The number of benzene rings is 1. The van der Waals surface area contributed by atoms with Crippen LogP contribution in [-0.4, -0.2) is 38.4 Å². The highest BCUT2D eigenvalue weighted by molar-refractivity contribution is 6.32. The lowest BCUT2D eigenvalue weighted by Crippen LogP contribution is -2.29. The lowest BCUT2D eigenvalue weighted by atomic mass is 10.2. The molecule has 5 nitrogen and oxygen atoms in total. The van der Waals surface area contributed by atoms with E-state index in [4.69, 9.17) is 26.2 Å². The molecule has 0 atom stereocenters. The van der Waals surface area contributed by atoms with Gasteiger partial charge in [-0.1, -0.05) is 11.6 Å². The van der Waals surface area contributed by atoms with Crippen molar-refractivity contribution in [1.29, 1.82) is 0 Å². The summed E-state index contributed by atoms with van der Waals surface area (Å²) in [6, 6.07) is 3.29. The molecule has 1 aromatic carbocycles. The van der Waals surface area contributed by atoms with Gasteiger partial charge in [-0.2, -0.15) is 0 Å². The molecule has 0 aromatic heterocycles. The molecular weight excluding hydrogens is 258 g/mol. The monoisotopic (exact) mass is 273 g/mol. The van der Waals surface area contributed by atoms with Gasteiger partial charge in [-0.05, 0) is 6.92 Å². The number of halogens is 1. The van der Waals surface area contributed by atoms with Crippen LogP contribution >= 0.6 is 11.6 Å². The van der Waals surface area contributed by atoms with Crippen LogP contribution < -0.4 is 14.4 Å². The van der Waals surface area contributed by atoms with E-state index in [1.807, 2.05) is 6.92 Å². The zero-order chi connectivity index (χ0) is 13.7. The third-order valence-corrected chi connectivity index (χ3v) is 2.80. The Morgan fingerprint density at radius 1 is 1.33 bits per heavy atom. The van der Waals surface area contributed by atoms with Gasteiger partial charge in [0.1, 0.15) is 18.0 Å². The van der Waals surface area contributed by atoms with Gasteiger partial charge in [-0.15, -0.1) is 0 Å². The van der Waals surface area contributed by atoms with Crippen LogP contribution in [0.5, 0.6) is 11.5 Å². The van der Waals surface area contributed by atoms with Crippen LogP contribution in [0.2, 0.25) is 5.02 Å².